The molecule has 1 N–H and O–H groups in total. The van der Waals surface area contributed by atoms with Gasteiger partial charge < -0.3 is 10.2 Å². The quantitative estimate of drug-likeness (QED) is 0.496. The van der Waals surface area contributed by atoms with Crippen LogP contribution in [0.15, 0.2) is 0 Å². The number of imide groups is 1. The Kier molecular flexibility index (Phi) is 8.57. The molecule has 1 rings (SSSR count). The fraction of sp³-hybridized carbons (Fsp3) is 0.625. The molecule has 1 saturated heterocycles. The molecule has 0 spiro atoms. The first-order valence-corrected chi connectivity index (χ1v) is 3.84. The number of ether oxygens (including phenoxy) is 1. The molecule has 14 heavy (non-hydrogen) atoms. The molecule has 0 bridgehead atoms. The summed E-state index contributed by atoms with van der Waals surface area (Å²) in [5.74, 6) is -0.239. The molecule has 1 atom stereocenters. The largest absolute Gasteiger partial charge is 1.00 e. The molecule has 0 aliphatic carbocycles. The van der Waals surface area contributed by atoms with E-state index in [2.05, 4.69) is 6.92 Å². The topological polar surface area (TPSA) is 76.6 Å². The van der Waals surface area contributed by atoms with Gasteiger partial charge in [0.05, 0.1) is 12.6 Å². The molecular weight excluding hydrogens is 375 g/mol. The minimum Gasteiger partial charge on any atom is -0.870 e. The Labute approximate surface area is 104 Å². The molecule has 0 aromatic rings. The first-order chi connectivity index (χ1) is 5.65. The van der Waals surface area contributed by atoms with E-state index in [0.717, 1.165) is 0 Å². The molecule has 2 radical (unpaired) electrons. The third-order valence-electron chi connectivity index (χ3n) is 1.87. The molecule has 0 aromatic carbocycles. The zero-order chi connectivity index (χ0) is 9.14. The summed E-state index contributed by atoms with van der Waals surface area (Å²) in [7, 11) is 1.50. The third kappa shape index (κ3) is 4.02. The van der Waals surface area contributed by atoms with Crippen molar-refractivity contribution in [3.8, 4) is 0 Å². The normalized spacial score (nSPS) is 17.4. The summed E-state index contributed by atoms with van der Waals surface area (Å²) in [6, 6.07) is 0. The molecule has 2 amide bonds. The van der Waals surface area contributed by atoms with Crippen molar-refractivity contribution >= 4 is 11.8 Å². The maximum absolute atomic E-state index is 11.1. The minimum absolute atomic E-state index is 0. The monoisotopic (exact) mass is 389 g/mol. The second-order valence-electron chi connectivity index (χ2n) is 2.76. The van der Waals surface area contributed by atoms with Crippen molar-refractivity contribution in [1.29, 1.82) is 0 Å². The van der Waals surface area contributed by atoms with Gasteiger partial charge in [-0.05, 0) is 6.92 Å². The van der Waals surface area contributed by atoms with Gasteiger partial charge in [-0.3, -0.25) is 14.5 Å². The summed E-state index contributed by atoms with van der Waals surface area (Å²) in [4.78, 5) is 23.3. The van der Waals surface area contributed by atoms with Gasteiger partial charge in [-0.25, -0.2) is 0 Å². The van der Waals surface area contributed by atoms with E-state index >= 15 is 0 Å². The van der Waals surface area contributed by atoms with Gasteiger partial charge in [0.15, 0.2) is 0 Å². The van der Waals surface area contributed by atoms with Crippen molar-refractivity contribution in [2.45, 2.75) is 18.9 Å². The number of amides is 2. The zero-order valence-corrected chi connectivity index (χ0v) is 13.7. The summed E-state index contributed by atoms with van der Waals surface area (Å²) in [5, 5.41) is 0. The zero-order valence-electron chi connectivity index (χ0n) is 8.23. The van der Waals surface area contributed by atoms with Crippen LogP contribution < -0.4 is 0 Å². The predicted molar refractivity (Wildman–Crippen MR) is 44.0 cm³/mol. The number of carbonyl (C=O) groups excluding carboxylic acids is 2. The average Bonchev–Trinajstić information content (AvgIpc) is 2.35. The van der Waals surface area contributed by atoms with E-state index in [1.165, 1.54) is 12.0 Å². The number of rotatable bonds is 3. The fourth-order valence-corrected chi connectivity index (χ4v) is 1.10. The fourth-order valence-electron chi connectivity index (χ4n) is 1.10. The van der Waals surface area contributed by atoms with E-state index in [1.807, 2.05) is 0 Å². The van der Waals surface area contributed by atoms with Crippen molar-refractivity contribution in [3.63, 3.8) is 0 Å². The standard InChI is InChI=1S/C8H12NO3.Hg.H2O/c1-6(12-2)5-9-7(10)3-4-8(9)11;;/h6H,1,3-5H2,2H3;;1H2/q;+1;/p-1. The number of hydrogen-bond acceptors (Lipinski definition) is 4. The van der Waals surface area contributed by atoms with Crippen LogP contribution in [0.5, 0.6) is 0 Å². The molecular formula is C8H13HgNO4. The summed E-state index contributed by atoms with van der Waals surface area (Å²) < 4.78 is 4.85. The number of methoxy groups -OCH3 is 1. The molecule has 1 heterocycles. The van der Waals surface area contributed by atoms with Crippen molar-refractivity contribution in [2.75, 3.05) is 13.7 Å². The van der Waals surface area contributed by atoms with E-state index in [0.29, 0.717) is 12.8 Å². The van der Waals surface area contributed by atoms with Crippen molar-refractivity contribution < 1.29 is 47.5 Å². The van der Waals surface area contributed by atoms with Crippen LogP contribution in [0.4, 0.5) is 0 Å². The Morgan fingerprint density at radius 3 is 2.21 bits per heavy atom. The van der Waals surface area contributed by atoms with Crippen LogP contribution in [-0.2, 0) is 42.0 Å². The summed E-state index contributed by atoms with van der Waals surface area (Å²) in [6.45, 7) is 3.89. The van der Waals surface area contributed by atoms with Gasteiger partial charge in [0.1, 0.15) is 0 Å². The van der Waals surface area contributed by atoms with Crippen molar-refractivity contribution in [2.24, 2.45) is 0 Å². The van der Waals surface area contributed by atoms with Crippen LogP contribution in [0.1, 0.15) is 12.8 Å². The predicted octanol–water partition coefficient (Wildman–Crippen LogP) is -0.195. The van der Waals surface area contributed by atoms with Crippen LogP contribution in [0.25, 0.3) is 0 Å². The van der Waals surface area contributed by atoms with E-state index in [-0.39, 0.29) is 57.6 Å². The Balaban J connectivity index is 0. The van der Waals surface area contributed by atoms with E-state index in [1.54, 1.807) is 0 Å². The number of hydrogen-bond donors (Lipinski definition) is 0. The molecule has 1 aliphatic heterocycles. The minimum atomic E-state index is -0.323. The van der Waals surface area contributed by atoms with Gasteiger partial charge in [0.25, 0.3) is 0 Å². The van der Waals surface area contributed by atoms with Gasteiger partial charge in [0.2, 0.25) is 11.8 Å². The molecule has 5 nitrogen and oxygen atoms in total. The van der Waals surface area contributed by atoms with Gasteiger partial charge >= 0.3 is 27.7 Å². The maximum Gasteiger partial charge on any atom is 1.00 e. The number of nitrogens with zero attached hydrogens (tertiary/aromatic N) is 1. The average molecular weight is 388 g/mol. The summed E-state index contributed by atoms with van der Waals surface area (Å²) in [6.07, 6.45) is 0.334. The van der Waals surface area contributed by atoms with Crippen molar-refractivity contribution in [1.82, 2.24) is 4.90 Å². The summed E-state index contributed by atoms with van der Waals surface area (Å²) in [5.41, 5.74) is 0. The smallest absolute Gasteiger partial charge is 0.870 e. The van der Waals surface area contributed by atoms with Crippen LogP contribution in [0.2, 0.25) is 0 Å². The second-order valence-corrected chi connectivity index (χ2v) is 2.76. The van der Waals surface area contributed by atoms with Crippen LogP contribution >= 0.6 is 0 Å². The Hall–Kier alpha value is -0.00494. The van der Waals surface area contributed by atoms with Gasteiger partial charge in [0, 0.05) is 20.0 Å². The molecule has 76 valence electrons. The summed E-state index contributed by atoms with van der Waals surface area (Å²) >= 11 is 0. The SMILES string of the molecule is [CH2]C(CN1C(=O)CCC1=O)OC.[Hg+].[OH-]. The number of carbonyl (C=O) groups is 2. The molecule has 0 aromatic heterocycles. The van der Waals surface area contributed by atoms with E-state index < -0.39 is 0 Å². The van der Waals surface area contributed by atoms with Crippen LogP contribution in [-0.4, -0.2) is 41.9 Å². The first-order valence-electron chi connectivity index (χ1n) is 3.84. The molecule has 1 aliphatic rings. The second kappa shape index (κ2) is 7.31. The molecule has 0 saturated carbocycles. The molecule has 1 unspecified atom stereocenters. The van der Waals surface area contributed by atoms with E-state index in [9.17, 15) is 9.59 Å². The van der Waals surface area contributed by atoms with E-state index in [4.69, 9.17) is 4.74 Å². The van der Waals surface area contributed by atoms with Gasteiger partial charge in [-0.1, -0.05) is 0 Å². The van der Waals surface area contributed by atoms with Crippen LogP contribution in [0, 0.1) is 6.92 Å². The Morgan fingerprint density at radius 2 is 1.86 bits per heavy atom. The van der Waals surface area contributed by atoms with Crippen molar-refractivity contribution in [3.05, 3.63) is 6.92 Å². The first kappa shape index (κ1) is 16.4. The maximum atomic E-state index is 11.1. The third-order valence-corrected chi connectivity index (χ3v) is 1.87. The molecule has 6 heteroatoms. The Morgan fingerprint density at radius 1 is 1.43 bits per heavy atom. The van der Waals surface area contributed by atoms with Gasteiger partial charge in [-0.15, -0.1) is 0 Å². The molecule has 1 fully saturated rings. The number of likely N-dealkylation sites (tertiary alicyclic amines) is 1. The van der Waals surface area contributed by atoms with Crippen LogP contribution in [0.3, 0.4) is 0 Å². The Bertz CT molecular complexity index is 194. The van der Waals surface area contributed by atoms with Gasteiger partial charge in [-0.2, -0.15) is 0 Å².